The molecule has 0 N–H and O–H groups in total. The molecular formula is C30H40P+. The van der Waals surface area contributed by atoms with Crippen molar-refractivity contribution in [1.29, 1.82) is 0 Å². The summed E-state index contributed by atoms with van der Waals surface area (Å²) >= 11 is 0. The predicted octanol–water partition coefficient (Wildman–Crippen LogP) is 7.61. The molecule has 0 atom stereocenters. The lowest BCUT2D eigenvalue weighted by Crippen LogP contribution is -2.35. The average Bonchev–Trinajstić information content (AvgIpc) is 2.75. The summed E-state index contributed by atoms with van der Waals surface area (Å²) in [7, 11) is -1.73. The first-order chi connectivity index (χ1) is 14.8. The van der Waals surface area contributed by atoms with E-state index in [1.165, 1.54) is 47.8 Å². The zero-order valence-corrected chi connectivity index (χ0v) is 21.0. The van der Waals surface area contributed by atoms with Gasteiger partial charge in [-0.15, -0.1) is 0 Å². The van der Waals surface area contributed by atoms with Gasteiger partial charge in [0.15, 0.2) is 0 Å². The molecule has 0 amide bonds. The van der Waals surface area contributed by atoms with Crippen molar-refractivity contribution < 1.29 is 0 Å². The molecule has 0 saturated heterocycles. The zero-order valence-electron chi connectivity index (χ0n) is 20.1. The van der Waals surface area contributed by atoms with E-state index in [0.717, 1.165) is 0 Å². The van der Waals surface area contributed by atoms with Crippen LogP contribution in [0.15, 0.2) is 91.0 Å². The van der Waals surface area contributed by atoms with Crippen LogP contribution in [0.25, 0.3) is 0 Å². The van der Waals surface area contributed by atoms with E-state index in [4.69, 9.17) is 0 Å². The molecule has 0 aromatic heterocycles. The van der Waals surface area contributed by atoms with Crippen LogP contribution in [0.2, 0.25) is 0 Å². The molecule has 0 bridgehead atoms. The van der Waals surface area contributed by atoms with E-state index in [1.54, 1.807) is 0 Å². The molecule has 0 heterocycles. The van der Waals surface area contributed by atoms with Crippen molar-refractivity contribution in [1.82, 2.24) is 0 Å². The quantitative estimate of drug-likeness (QED) is 0.290. The van der Waals surface area contributed by atoms with Gasteiger partial charge in [-0.05, 0) is 66.5 Å². The van der Waals surface area contributed by atoms with Gasteiger partial charge >= 0.3 is 0 Å². The number of hydrogen-bond acceptors (Lipinski definition) is 0. The molecule has 3 aromatic rings. The summed E-state index contributed by atoms with van der Waals surface area (Å²) in [6.07, 6.45) is 6.27. The van der Waals surface area contributed by atoms with E-state index in [-0.39, 0.29) is 0 Å². The first kappa shape index (κ1) is 23.7. The Hall–Kier alpha value is -1.91. The smallest absolute Gasteiger partial charge is 0.0654 e. The lowest BCUT2D eigenvalue weighted by Gasteiger charge is -2.37. The van der Waals surface area contributed by atoms with Gasteiger partial charge in [0.25, 0.3) is 0 Å². The van der Waals surface area contributed by atoms with Crippen molar-refractivity contribution in [2.24, 2.45) is 10.8 Å². The fourth-order valence-corrected chi connectivity index (χ4v) is 10.2. The van der Waals surface area contributed by atoms with E-state index >= 15 is 0 Å². The molecular weight excluding hydrogens is 391 g/mol. The molecule has 0 saturated carbocycles. The topological polar surface area (TPSA) is 0 Å². The standard InChI is InChI=1S/C30H40P/c1-6-22-29(2,3)25-30(4,5)23-24-31(26-16-10-7-11-17-26,27-18-12-8-13-19-27)28-20-14-9-15-21-28/h7-21H,6,22-25H2,1-5H3/q+1. The molecule has 1 heteroatoms. The largest absolute Gasteiger partial charge is 0.112 e. The van der Waals surface area contributed by atoms with Crippen LogP contribution in [0.1, 0.15) is 60.3 Å². The van der Waals surface area contributed by atoms with Crippen molar-refractivity contribution in [2.75, 3.05) is 6.16 Å². The van der Waals surface area contributed by atoms with Crippen LogP contribution in [-0.2, 0) is 0 Å². The van der Waals surface area contributed by atoms with Crippen molar-refractivity contribution in [3.63, 3.8) is 0 Å². The summed E-state index contributed by atoms with van der Waals surface area (Å²) in [5.41, 5.74) is 0.702. The van der Waals surface area contributed by atoms with Crippen molar-refractivity contribution in [3.05, 3.63) is 91.0 Å². The fourth-order valence-electron chi connectivity index (χ4n) is 5.50. The first-order valence-corrected chi connectivity index (χ1v) is 13.8. The van der Waals surface area contributed by atoms with Gasteiger partial charge in [-0.1, -0.05) is 95.6 Å². The highest BCUT2D eigenvalue weighted by Crippen LogP contribution is 2.57. The molecule has 3 aromatic carbocycles. The summed E-state index contributed by atoms with van der Waals surface area (Å²) in [5.74, 6) is 0. The van der Waals surface area contributed by atoms with Gasteiger partial charge in [-0.25, -0.2) is 0 Å². The van der Waals surface area contributed by atoms with Gasteiger partial charge in [-0.2, -0.15) is 0 Å². The van der Waals surface area contributed by atoms with Gasteiger partial charge < -0.3 is 0 Å². The average molecular weight is 432 g/mol. The third-order valence-corrected chi connectivity index (χ3v) is 11.0. The molecule has 0 aliphatic carbocycles. The molecule has 0 nitrogen and oxygen atoms in total. The fraction of sp³-hybridized carbons (Fsp3) is 0.400. The third kappa shape index (κ3) is 5.87. The molecule has 0 spiro atoms. The van der Waals surface area contributed by atoms with Gasteiger partial charge in [0.05, 0.1) is 6.16 Å². The second kappa shape index (κ2) is 10.1. The minimum Gasteiger partial charge on any atom is -0.0654 e. The van der Waals surface area contributed by atoms with Crippen LogP contribution in [0, 0.1) is 10.8 Å². The molecule has 0 fully saturated rings. The van der Waals surface area contributed by atoms with E-state index < -0.39 is 7.26 Å². The summed E-state index contributed by atoms with van der Waals surface area (Å²) in [5, 5.41) is 4.49. The van der Waals surface area contributed by atoms with Gasteiger partial charge in [0.2, 0.25) is 0 Å². The Morgan fingerprint density at radius 1 is 0.548 bits per heavy atom. The van der Waals surface area contributed by atoms with Crippen LogP contribution in [0.5, 0.6) is 0 Å². The highest BCUT2D eigenvalue weighted by atomic mass is 31.2. The Morgan fingerprint density at radius 3 is 1.26 bits per heavy atom. The normalized spacial score (nSPS) is 12.7. The van der Waals surface area contributed by atoms with Crippen LogP contribution in [0.4, 0.5) is 0 Å². The summed E-state index contributed by atoms with van der Waals surface area (Å²) < 4.78 is 0. The number of benzene rings is 3. The van der Waals surface area contributed by atoms with Crippen LogP contribution >= 0.6 is 7.26 Å². The lowest BCUT2D eigenvalue weighted by atomic mass is 9.72. The zero-order chi connectivity index (χ0) is 22.4. The maximum absolute atomic E-state index is 2.49. The first-order valence-electron chi connectivity index (χ1n) is 11.8. The molecule has 0 aliphatic heterocycles. The molecule has 0 aliphatic rings. The second-order valence-corrected chi connectivity index (χ2v) is 14.2. The predicted molar refractivity (Wildman–Crippen MR) is 142 cm³/mol. The van der Waals surface area contributed by atoms with E-state index in [0.29, 0.717) is 10.8 Å². The SMILES string of the molecule is CCCC(C)(C)CC(C)(C)CC[P+](c1ccccc1)(c1ccccc1)c1ccccc1. The second-order valence-electron chi connectivity index (χ2n) is 10.5. The van der Waals surface area contributed by atoms with Crippen molar-refractivity contribution in [2.45, 2.75) is 60.3 Å². The summed E-state index contributed by atoms with van der Waals surface area (Å²) in [6, 6.07) is 33.9. The molecule has 31 heavy (non-hydrogen) atoms. The molecule has 0 radical (unpaired) electrons. The summed E-state index contributed by atoms with van der Waals surface area (Å²) in [4.78, 5) is 0. The summed E-state index contributed by atoms with van der Waals surface area (Å²) in [6.45, 7) is 12.2. The van der Waals surface area contributed by atoms with Crippen LogP contribution < -0.4 is 15.9 Å². The molecule has 0 unspecified atom stereocenters. The van der Waals surface area contributed by atoms with E-state index in [1.807, 2.05) is 0 Å². The highest BCUT2D eigenvalue weighted by Gasteiger charge is 2.46. The monoisotopic (exact) mass is 431 g/mol. The van der Waals surface area contributed by atoms with Crippen molar-refractivity contribution >= 4 is 23.2 Å². The Bertz CT molecular complexity index is 814. The Kier molecular flexibility index (Phi) is 7.77. The van der Waals surface area contributed by atoms with Gasteiger partial charge in [0, 0.05) is 0 Å². The Morgan fingerprint density at radius 2 is 0.903 bits per heavy atom. The van der Waals surface area contributed by atoms with Crippen LogP contribution in [0.3, 0.4) is 0 Å². The van der Waals surface area contributed by atoms with E-state index in [2.05, 4.69) is 126 Å². The highest BCUT2D eigenvalue weighted by molar-refractivity contribution is 7.95. The van der Waals surface area contributed by atoms with Crippen LogP contribution in [-0.4, -0.2) is 6.16 Å². The number of rotatable bonds is 10. The Labute approximate surface area is 191 Å². The minimum atomic E-state index is -1.73. The number of hydrogen-bond donors (Lipinski definition) is 0. The lowest BCUT2D eigenvalue weighted by molar-refractivity contribution is 0.177. The molecule has 3 rings (SSSR count). The van der Waals surface area contributed by atoms with Gasteiger partial charge in [-0.3, -0.25) is 0 Å². The Balaban J connectivity index is 2.06. The van der Waals surface area contributed by atoms with Crippen molar-refractivity contribution in [3.8, 4) is 0 Å². The van der Waals surface area contributed by atoms with E-state index in [9.17, 15) is 0 Å². The van der Waals surface area contributed by atoms with Gasteiger partial charge in [0.1, 0.15) is 23.2 Å². The third-order valence-electron chi connectivity index (χ3n) is 6.60. The maximum Gasteiger partial charge on any atom is 0.112 e. The maximum atomic E-state index is 2.49. The minimum absolute atomic E-state index is 0.308. The molecule has 164 valence electrons.